The zero-order valence-corrected chi connectivity index (χ0v) is 22.9. The molecule has 2 aromatic rings. The maximum atomic E-state index is 11.1. The SMILES string of the molecule is CC.CC(C)CCOC(C)(C)C.N#C/C(=C\c1ccc2cc(N3CCCCC3)ccc2c1)C(N)=O. The third-order valence-corrected chi connectivity index (χ3v) is 5.50. The molecule has 35 heavy (non-hydrogen) atoms. The van der Waals surface area contributed by atoms with Gasteiger partial charge in [0, 0.05) is 25.4 Å². The van der Waals surface area contributed by atoms with Gasteiger partial charge in [0.15, 0.2) is 0 Å². The van der Waals surface area contributed by atoms with Gasteiger partial charge in [-0.25, -0.2) is 0 Å². The molecular weight excluding hydrogens is 434 g/mol. The fraction of sp³-hybridized carbons (Fsp3) is 0.533. The lowest BCUT2D eigenvalue weighted by molar-refractivity contribution is -0.114. The second kappa shape index (κ2) is 15.2. The number of hydrogen-bond acceptors (Lipinski definition) is 4. The molecule has 1 fully saturated rings. The number of fused-ring (bicyclic) bond motifs is 1. The Morgan fingerprint density at radius 2 is 1.69 bits per heavy atom. The molecule has 192 valence electrons. The molecule has 1 heterocycles. The van der Waals surface area contributed by atoms with Crippen LogP contribution < -0.4 is 10.6 Å². The van der Waals surface area contributed by atoms with Gasteiger partial charge in [-0.1, -0.05) is 45.9 Å². The first-order valence-corrected chi connectivity index (χ1v) is 12.9. The van der Waals surface area contributed by atoms with E-state index >= 15 is 0 Å². The molecule has 1 aliphatic rings. The van der Waals surface area contributed by atoms with Crippen molar-refractivity contribution in [2.24, 2.45) is 11.7 Å². The zero-order valence-electron chi connectivity index (χ0n) is 22.9. The summed E-state index contributed by atoms with van der Waals surface area (Å²) in [6.45, 7) is 17.8. The topological polar surface area (TPSA) is 79.3 Å². The molecule has 0 aromatic heterocycles. The van der Waals surface area contributed by atoms with E-state index in [4.69, 9.17) is 15.7 Å². The van der Waals surface area contributed by atoms with Crippen LogP contribution >= 0.6 is 0 Å². The minimum atomic E-state index is -0.701. The van der Waals surface area contributed by atoms with E-state index in [1.54, 1.807) is 0 Å². The standard InChI is InChI=1S/C19H19N3O.C9H20O.C2H6/c20-13-17(19(21)23)11-14-4-5-16-12-18(7-6-15(16)10-14)22-8-2-1-3-9-22;1-8(2)6-7-10-9(3,4)5;1-2/h4-7,10-12H,1-3,8-9H2,(H2,21,23);8H,6-7H2,1-5H3;1-2H3/b17-11+;;. The number of carbonyl (C=O) groups excluding carboxylic acids is 1. The van der Waals surface area contributed by atoms with Crippen LogP contribution in [0.15, 0.2) is 42.0 Å². The summed E-state index contributed by atoms with van der Waals surface area (Å²) >= 11 is 0. The summed E-state index contributed by atoms with van der Waals surface area (Å²) in [5.74, 6) is 0.0513. The van der Waals surface area contributed by atoms with Crippen molar-refractivity contribution >= 4 is 28.4 Å². The lowest BCUT2D eigenvalue weighted by atomic mass is 10.0. The number of anilines is 1. The van der Waals surface area contributed by atoms with Gasteiger partial charge in [0.2, 0.25) is 0 Å². The predicted octanol–water partition coefficient (Wildman–Crippen LogP) is 7.10. The van der Waals surface area contributed by atoms with Crippen molar-refractivity contribution < 1.29 is 9.53 Å². The molecule has 0 unspecified atom stereocenters. The van der Waals surface area contributed by atoms with Crippen LogP contribution in [0, 0.1) is 17.2 Å². The third-order valence-electron chi connectivity index (χ3n) is 5.50. The summed E-state index contributed by atoms with van der Waals surface area (Å²) < 4.78 is 5.54. The van der Waals surface area contributed by atoms with Gasteiger partial charge in [0.1, 0.15) is 11.6 Å². The first-order chi connectivity index (χ1) is 16.6. The first kappa shape index (κ1) is 30.2. The number of ether oxygens (including phenoxy) is 1. The Bertz CT molecular complexity index is 991. The van der Waals surface area contributed by atoms with Gasteiger partial charge >= 0.3 is 0 Å². The van der Waals surface area contributed by atoms with E-state index in [-0.39, 0.29) is 11.2 Å². The summed E-state index contributed by atoms with van der Waals surface area (Å²) in [5.41, 5.74) is 7.24. The Labute approximate surface area is 212 Å². The number of benzene rings is 2. The predicted molar refractivity (Wildman–Crippen MR) is 149 cm³/mol. The fourth-order valence-electron chi connectivity index (χ4n) is 3.62. The first-order valence-electron chi connectivity index (χ1n) is 12.9. The number of carbonyl (C=O) groups is 1. The van der Waals surface area contributed by atoms with Gasteiger partial charge in [0.25, 0.3) is 5.91 Å². The van der Waals surface area contributed by atoms with Crippen molar-refractivity contribution in [1.82, 2.24) is 0 Å². The molecule has 1 aliphatic heterocycles. The van der Waals surface area contributed by atoms with E-state index in [1.165, 1.54) is 31.0 Å². The molecule has 0 aliphatic carbocycles. The van der Waals surface area contributed by atoms with Crippen LogP contribution in [0.5, 0.6) is 0 Å². The van der Waals surface area contributed by atoms with E-state index in [2.05, 4.69) is 57.7 Å². The number of piperidine rings is 1. The molecule has 0 spiro atoms. The monoisotopic (exact) mass is 479 g/mol. The highest BCUT2D eigenvalue weighted by molar-refractivity contribution is 6.01. The highest BCUT2D eigenvalue weighted by Crippen LogP contribution is 2.26. The van der Waals surface area contributed by atoms with Crippen molar-refractivity contribution in [3.8, 4) is 6.07 Å². The summed E-state index contributed by atoms with van der Waals surface area (Å²) in [6.07, 6.45) is 6.52. The molecule has 1 amide bonds. The summed E-state index contributed by atoms with van der Waals surface area (Å²) in [7, 11) is 0. The van der Waals surface area contributed by atoms with Crippen molar-refractivity contribution in [3.05, 3.63) is 47.5 Å². The molecular formula is C30H45N3O2. The number of nitrogens with zero attached hydrogens (tertiary/aromatic N) is 2. The average molecular weight is 480 g/mol. The summed E-state index contributed by atoms with van der Waals surface area (Å²) in [4.78, 5) is 13.6. The van der Waals surface area contributed by atoms with Crippen LogP contribution in [0.25, 0.3) is 16.8 Å². The fourth-order valence-corrected chi connectivity index (χ4v) is 3.62. The lowest BCUT2D eigenvalue weighted by Gasteiger charge is -2.29. The van der Waals surface area contributed by atoms with Crippen LogP contribution in [0.2, 0.25) is 0 Å². The number of amides is 1. The summed E-state index contributed by atoms with van der Waals surface area (Å²) in [6, 6.07) is 14.2. The van der Waals surface area contributed by atoms with Gasteiger partial charge in [-0.3, -0.25) is 4.79 Å². The number of hydrogen-bond donors (Lipinski definition) is 1. The molecule has 2 aromatic carbocycles. The van der Waals surface area contributed by atoms with Gasteiger partial charge in [0.05, 0.1) is 5.60 Å². The Hall–Kier alpha value is -2.84. The number of nitrogens with two attached hydrogens (primary N) is 1. The number of rotatable bonds is 6. The smallest absolute Gasteiger partial charge is 0.259 e. The number of primary amides is 1. The van der Waals surface area contributed by atoms with E-state index in [1.807, 2.05) is 38.1 Å². The molecule has 5 nitrogen and oxygen atoms in total. The van der Waals surface area contributed by atoms with Crippen LogP contribution in [-0.2, 0) is 9.53 Å². The Balaban J connectivity index is 0.000000433. The Morgan fingerprint density at radius 1 is 1.09 bits per heavy atom. The highest BCUT2D eigenvalue weighted by Gasteiger charge is 2.11. The molecule has 0 saturated carbocycles. The largest absolute Gasteiger partial charge is 0.376 e. The second-order valence-corrected chi connectivity index (χ2v) is 10.0. The Morgan fingerprint density at radius 3 is 2.23 bits per heavy atom. The maximum absolute atomic E-state index is 11.1. The molecule has 3 rings (SSSR count). The van der Waals surface area contributed by atoms with E-state index in [0.29, 0.717) is 0 Å². The van der Waals surface area contributed by atoms with Crippen LogP contribution in [0.4, 0.5) is 5.69 Å². The van der Waals surface area contributed by atoms with E-state index < -0.39 is 5.91 Å². The van der Waals surface area contributed by atoms with Gasteiger partial charge < -0.3 is 15.4 Å². The summed E-state index contributed by atoms with van der Waals surface area (Å²) in [5, 5.41) is 11.2. The zero-order chi connectivity index (χ0) is 26.4. The third kappa shape index (κ3) is 11.4. The molecule has 5 heteroatoms. The Kier molecular flexibility index (Phi) is 13.1. The van der Waals surface area contributed by atoms with Gasteiger partial charge in [-0.2, -0.15) is 5.26 Å². The van der Waals surface area contributed by atoms with Crippen molar-refractivity contribution in [3.63, 3.8) is 0 Å². The molecule has 1 saturated heterocycles. The van der Waals surface area contributed by atoms with Crippen molar-refractivity contribution in [1.29, 1.82) is 5.26 Å². The normalized spacial score (nSPS) is 13.9. The van der Waals surface area contributed by atoms with Gasteiger partial charge in [-0.05, 0) is 93.0 Å². The van der Waals surface area contributed by atoms with Crippen LogP contribution in [0.3, 0.4) is 0 Å². The van der Waals surface area contributed by atoms with Crippen LogP contribution in [-0.4, -0.2) is 31.2 Å². The van der Waals surface area contributed by atoms with E-state index in [0.717, 1.165) is 48.4 Å². The van der Waals surface area contributed by atoms with E-state index in [9.17, 15) is 4.79 Å². The average Bonchev–Trinajstić information content (AvgIpc) is 2.83. The highest BCUT2D eigenvalue weighted by atomic mass is 16.5. The molecule has 0 bridgehead atoms. The minimum absolute atomic E-state index is 0.0331. The second-order valence-electron chi connectivity index (χ2n) is 10.0. The van der Waals surface area contributed by atoms with Crippen molar-refractivity contribution in [2.45, 2.75) is 79.8 Å². The molecule has 0 atom stereocenters. The maximum Gasteiger partial charge on any atom is 0.259 e. The number of nitriles is 1. The quantitative estimate of drug-likeness (QED) is 0.354. The molecule has 2 N–H and O–H groups in total. The minimum Gasteiger partial charge on any atom is -0.376 e. The molecule has 0 radical (unpaired) electrons. The van der Waals surface area contributed by atoms with Gasteiger partial charge in [-0.15, -0.1) is 0 Å². The van der Waals surface area contributed by atoms with Crippen molar-refractivity contribution in [2.75, 3.05) is 24.6 Å². The lowest BCUT2D eigenvalue weighted by Crippen LogP contribution is -2.29. The van der Waals surface area contributed by atoms with Crippen LogP contribution in [0.1, 0.15) is 79.7 Å².